The lowest BCUT2D eigenvalue weighted by Gasteiger charge is -2.44. The van der Waals surface area contributed by atoms with E-state index in [9.17, 15) is 0 Å². The summed E-state index contributed by atoms with van der Waals surface area (Å²) in [5, 5.41) is 3.50. The number of rotatable bonds is 5. The monoisotopic (exact) mass is 436 g/mol. The number of benzene rings is 2. The van der Waals surface area contributed by atoms with Crippen molar-refractivity contribution in [3.63, 3.8) is 0 Å². The molecule has 0 amide bonds. The Kier molecular flexibility index (Phi) is 8.57. The van der Waals surface area contributed by atoms with Crippen LogP contribution in [0.1, 0.15) is 40.8 Å². The van der Waals surface area contributed by atoms with Gasteiger partial charge in [0.1, 0.15) is 0 Å². The molecule has 2 aromatic carbocycles. The van der Waals surface area contributed by atoms with Gasteiger partial charge < -0.3 is 10.1 Å². The average molecular weight is 437 g/mol. The molecule has 0 bridgehead atoms. The van der Waals surface area contributed by atoms with Gasteiger partial charge in [0.25, 0.3) is 0 Å². The van der Waals surface area contributed by atoms with Gasteiger partial charge in [-0.3, -0.25) is 4.90 Å². The molecule has 1 heterocycles. The molecule has 5 heteroatoms. The van der Waals surface area contributed by atoms with Crippen molar-refractivity contribution < 1.29 is 4.74 Å². The fourth-order valence-electron chi connectivity index (χ4n) is 4.85. The maximum Gasteiger partial charge on any atom is 0.0797 e. The minimum atomic E-state index is 0. The van der Waals surface area contributed by atoms with E-state index < -0.39 is 0 Å². The van der Waals surface area contributed by atoms with Crippen LogP contribution in [-0.4, -0.2) is 43.2 Å². The molecule has 1 aliphatic carbocycles. The Morgan fingerprint density at radius 1 is 0.966 bits per heavy atom. The van der Waals surface area contributed by atoms with Crippen molar-refractivity contribution in [3.05, 3.63) is 70.3 Å². The number of fused-ring (bicyclic) bond motifs is 1. The Bertz CT molecular complexity index is 760. The van der Waals surface area contributed by atoms with Crippen LogP contribution in [0.25, 0.3) is 0 Å². The average Bonchev–Trinajstić information content (AvgIpc) is 3.06. The van der Waals surface area contributed by atoms with Crippen molar-refractivity contribution in [2.75, 3.05) is 32.8 Å². The Balaban J connectivity index is 0.00000150. The number of hydrogen-bond acceptors (Lipinski definition) is 3. The molecule has 29 heavy (non-hydrogen) atoms. The highest BCUT2D eigenvalue weighted by Crippen LogP contribution is 2.36. The third-order valence-corrected chi connectivity index (χ3v) is 6.26. The molecular weight excluding hydrogens is 403 g/mol. The van der Waals surface area contributed by atoms with E-state index >= 15 is 0 Å². The second kappa shape index (κ2) is 10.3. The van der Waals surface area contributed by atoms with Gasteiger partial charge >= 0.3 is 0 Å². The van der Waals surface area contributed by atoms with E-state index in [0.717, 1.165) is 45.6 Å². The van der Waals surface area contributed by atoms with Gasteiger partial charge in [0.2, 0.25) is 0 Å². The first-order chi connectivity index (χ1) is 13.1. The molecule has 0 saturated carbocycles. The topological polar surface area (TPSA) is 24.5 Å². The summed E-state index contributed by atoms with van der Waals surface area (Å²) >= 11 is 0. The molecule has 1 fully saturated rings. The van der Waals surface area contributed by atoms with Gasteiger partial charge in [0, 0.05) is 26.2 Å². The lowest BCUT2D eigenvalue weighted by atomic mass is 9.93. The van der Waals surface area contributed by atoms with Crippen molar-refractivity contribution in [2.45, 2.75) is 45.3 Å². The van der Waals surface area contributed by atoms with Crippen LogP contribution in [-0.2, 0) is 17.6 Å². The highest BCUT2D eigenvalue weighted by Gasteiger charge is 2.43. The van der Waals surface area contributed by atoms with E-state index in [4.69, 9.17) is 4.74 Å². The van der Waals surface area contributed by atoms with Crippen LogP contribution in [0, 0.1) is 13.8 Å². The first kappa shape index (κ1) is 24.2. The molecule has 3 nitrogen and oxygen atoms in total. The van der Waals surface area contributed by atoms with Gasteiger partial charge in [-0.25, -0.2) is 0 Å². The molecule has 4 rings (SSSR count). The van der Waals surface area contributed by atoms with Crippen molar-refractivity contribution in [1.82, 2.24) is 10.2 Å². The fraction of sp³-hybridized carbons (Fsp3) is 0.500. The molecule has 0 radical (unpaired) electrons. The van der Waals surface area contributed by atoms with E-state index in [0.29, 0.717) is 0 Å². The largest absolute Gasteiger partial charge is 0.372 e. The lowest BCUT2D eigenvalue weighted by molar-refractivity contribution is -0.0379. The minimum Gasteiger partial charge on any atom is -0.372 e. The summed E-state index contributed by atoms with van der Waals surface area (Å²) < 4.78 is 6.55. The van der Waals surface area contributed by atoms with Gasteiger partial charge in [-0.15, -0.1) is 24.8 Å². The van der Waals surface area contributed by atoms with E-state index in [-0.39, 0.29) is 36.5 Å². The van der Waals surface area contributed by atoms with Crippen LogP contribution in [0.3, 0.4) is 0 Å². The number of piperazine rings is 1. The second-order valence-electron chi connectivity index (χ2n) is 8.46. The zero-order chi connectivity index (χ0) is 18.9. The lowest BCUT2D eigenvalue weighted by Crippen LogP contribution is -2.59. The Labute approximate surface area is 188 Å². The highest BCUT2D eigenvalue weighted by atomic mass is 35.5. The summed E-state index contributed by atoms with van der Waals surface area (Å²) in [7, 11) is 0. The Morgan fingerprint density at radius 3 is 2.07 bits per heavy atom. The van der Waals surface area contributed by atoms with Crippen LogP contribution < -0.4 is 5.32 Å². The first-order valence-electron chi connectivity index (χ1n) is 10.3. The number of hydrogen-bond donors (Lipinski definition) is 1. The van der Waals surface area contributed by atoms with Gasteiger partial charge in [-0.1, -0.05) is 53.6 Å². The third-order valence-electron chi connectivity index (χ3n) is 6.26. The van der Waals surface area contributed by atoms with Gasteiger partial charge in [-0.05, 0) is 50.3 Å². The summed E-state index contributed by atoms with van der Waals surface area (Å²) in [5.41, 5.74) is 7.01. The van der Waals surface area contributed by atoms with Gasteiger partial charge in [0.15, 0.2) is 0 Å². The molecule has 1 aliphatic heterocycles. The standard InChI is InChI=1S/C24H32N2O.2ClH/c1-18-12-19(2)14-23(13-18)20(3)27-17-24(26-10-8-25-9-11-26)15-21-6-4-5-7-22(21)16-24;;/h4-7,12-14,20,25H,8-11,15-17H2,1-3H3;2*1H. The third kappa shape index (κ3) is 5.34. The summed E-state index contributed by atoms with van der Waals surface area (Å²) in [4.78, 5) is 2.68. The van der Waals surface area contributed by atoms with Crippen molar-refractivity contribution in [3.8, 4) is 0 Å². The van der Waals surface area contributed by atoms with Crippen molar-refractivity contribution >= 4 is 24.8 Å². The number of halogens is 2. The normalized spacial score (nSPS) is 19.0. The van der Waals surface area contributed by atoms with E-state index in [1.54, 1.807) is 0 Å². The quantitative estimate of drug-likeness (QED) is 0.736. The van der Waals surface area contributed by atoms with E-state index in [2.05, 4.69) is 73.5 Å². The van der Waals surface area contributed by atoms with Crippen LogP contribution >= 0.6 is 24.8 Å². The van der Waals surface area contributed by atoms with Crippen molar-refractivity contribution in [1.29, 1.82) is 0 Å². The zero-order valence-electron chi connectivity index (χ0n) is 17.7. The molecule has 160 valence electrons. The van der Waals surface area contributed by atoms with E-state index in [1.807, 2.05) is 0 Å². The smallest absolute Gasteiger partial charge is 0.0797 e. The molecule has 0 aromatic heterocycles. The van der Waals surface area contributed by atoms with Crippen LogP contribution in [0.4, 0.5) is 0 Å². The highest BCUT2D eigenvalue weighted by molar-refractivity contribution is 5.85. The van der Waals surface area contributed by atoms with Crippen LogP contribution in [0.2, 0.25) is 0 Å². The Morgan fingerprint density at radius 2 is 1.52 bits per heavy atom. The summed E-state index contributed by atoms with van der Waals surface area (Å²) in [6.07, 6.45) is 2.32. The molecule has 1 N–H and O–H groups in total. The summed E-state index contributed by atoms with van der Waals surface area (Å²) in [6, 6.07) is 15.7. The first-order valence-corrected chi connectivity index (χ1v) is 10.3. The van der Waals surface area contributed by atoms with Crippen LogP contribution in [0.5, 0.6) is 0 Å². The van der Waals surface area contributed by atoms with Gasteiger partial charge in [0.05, 0.1) is 18.2 Å². The van der Waals surface area contributed by atoms with E-state index in [1.165, 1.54) is 27.8 Å². The predicted octanol–water partition coefficient (Wildman–Crippen LogP) is 4.67. The molecular formula is C24H34Cl2N2O. The number of nitrogens with one attached hydrogen (secondary N) is 1. The van der Waals surface area contributed by atoms with Crippen molar-refractivity contribution in [2.24, 2.45) is 0 Å². The zero-order valence-corrected chi connectivity index (χ0v) is 19.4. The molecule has 2 aliphatic rings. The predicted molar refractivity (Wildman–Crippen MR) is 126 cm³/mol. The SMILES string of the molecule is Cc1cc(C)cc(C(C)OCC2(N3CCNCC3)Cc3ccccc3C2)c1.Cl.Cl. The second-order valence-corrected chi connectivity index (χ2v) is 8.46. The molecule has 1 saturated heterocycles. The number of ether oxygens (including phenoxy) is 1. The molecule has 1 atom stereocenters. The number of aryl methyl sites for hydroxylation is 2. The van der Waals surface area contributed by atoms with Crippen LogP contribution in [0.15, 0.2) is 42.5 Å². The summed E-state index contributed by atoms with van der Waals surface area (Å²) in [6.45, 7) is 11.7. The number of nitrogens with zero attached hydrogens (tertiary/aromatic N) is 1. The maximum atomic E-state index is 6.55. The molecule has 1 unspecified atom stereocenters. The molecule has 2 aromatic rings. The summed E-state index contributed by atoms with van der Waals surface area (Å²) in [5.74, 6) is 0. The minimum absolute atomic E-state index is 0. The van der Waals surface area contributed by atoms with Gasteiger partial charge in [-0.2, -0.15) is 0 Å². The maximum absolute atomic E-state index is 6.55. The fourth-order valence-corrected chi connectivity index (χ4v) is 4.85. The molecule has 0 spiro atoms. The Hall–Kier alpha value is -1.10.